The van der Waals surface area contributed by atoms with Crippen molar-refractivity contribution in [1.82, 2.24) is 9.78 Å². The summed E-state index contributed by atoms with van der Waals surface area (Å²) in [5.74, 6) is 0.0251. The molecule has 0 saturated carbocycles. The number of fused-ring (bicyclic) bond motifs is 1. The van der Waals surface area contributed by atoms with Crippen molar-refractivity contribution in [3.8, 4) is 0 Å². The summed E-state index contributed by atoms with van der Waals surface area (Å²) in [5.41, 5.74) is 7.85. The molecular formula is C15H17N3O3. The Hall–Kier alpha value is -2.34. The maximum atomic E-state index is 11.8. The van der Waals surface area contributed by atoms with Crippen molar-refractivity contribution < 1.29 is 14.3 Å². The highest BCUT2D eigenvalue weighted by Gasteiger charge is 2.21. The first-order valence-electron chi connectivity index (χ1n) is 6.86. The standard InChI is InChI=1S/C15H17N3O3/c16-14-5-7-18(17-14)9-15(19)21-10-13-12-4-2-1-3-11(12)6-8-20-13/h1-5,7,13H,6,8-10H2,(H2,16,17). The number of hydrogen-bond donors (Lipinski definition) is 1. The van der Waals surface area contributed by atoms with Crippen LogP contribution in [0.15, 0.2) is 36.5 Å². The Kier molecular flexibility index (Phi) is 3.87. The van der Waals surface area contributed by atoms with Crippen LogP contribution in [0.4, 0.5) is 5.82 Å². The summed E-state index contributed by atoms with van der Waals surface area (Å²) in [7, 11) is 0. The van der Waals surface area contributed by atoms with Gasteiger partial charge in [0.05, 0.1) is 6.61 Å². The molecule has 0 spiro atoms. The Balaban J connectivity index is 1.57. The summed E-state index contributed by atoms with van der Waals surface area (Å²) in [4.78, 5) is 11.8. The molecule has 0 amide bonds. The van der Waals surface area contributed by atoms with E-state index in [0.717, 1.165) is 12.0 Å². The lowest BCUT2D eigenvalue weighted by atomic mass is 9.98. The molecule has 1 aliphatic heterocycles. The minimum Gasteiger partial charge on any atom is -0.461 e. The van der Waals surface area contributed by atoms with E-state index in [0.29, 0.717) is 12.4 Å². The molecule has 6 nitrogen and oxygen atoms in total. The molecule has 6 heteroatoms. The van der Waals surface area contributed by atoms with E-state index < -0.39 is 0 Å². The zero-order valence-corrected chi connectivity index (χ0v) is 11.6. The van der Waals surface area contributed by atoms with Gasteiger partial charge in [0.1, 0.15) is 25.1 Å². The number of hydrogen-bond acceptors (Lipinski definition) is 5. The molecule has 0 aliphatic carbocycles. The highest BCUT2D eigenvalue weighted by Crippen LogP contribution is 2.26. The Morgan fingerprint density at radius 3 is 3.10 bits per heavy atom. The fourth-order valence-electron chi connectivity index (χ4n) is 2.43. The van der Waals surface area contributed by atoms with Crippen LogP contribution < -0.4 is 5.73 Å². The number of nitrogens with two attached hydrogens (primary N) is 1. The predicted molar refractivity (Wildman–Crippen MR) is 76.4 cm³/mol. The van der Waals surface area contributed by atoms with Crippen LogP contribution >= 0.6 is 0 Å². The van der Waals surface area contributed by atoms with Crippen molar-refractivity contribution in [1.29, 1.82) is 0 Å². The molecule has 1 unspecified atom stereocenters. The number of esters is 1. The van der Waals surface area contributed by atoms with Gasteiger partial charge in [0, 0.05) is 6.20 Å². The Bertz CT molecular complexity index is 639. The molecule has 1 aromatic carbocycles. The summed E-state index contributed by atoms with van der Waals surface area (Å²) >= 11 is 0. The van der Waals surface area contributed by atoms with Crippen LogP contribution in [0, 0.1) is 0 Å². The van der Waals surface area contributed by atoms with Crippen molar-refractivity contribution in [3.05, 3.63) is 47.7 Å². The van der Waals surface area contributed by atoms with Gasteiger partial charge in [-0.05, 0) is 23.6 Å². The lowest BCUT2D eigenvalue weighted by Crippen LogP contribution is -2.23. The smallest absolute Gasteiger partial charge is 0.327 e. The Labute approximate surface area is 122 Å². The van der Waals surface area contributed by atoms with Crippen molar-refractivity contribution in [2.24, 2.45) is 0 Å². The van der Waals surface area contributed by atoms with Crippen LogP contribution in [-0.2, 0) is 27.2 Å². The second kappa shape index (κ2) is 5.97. The van der Waals surface area contributed by atoms with E-state index in [1.165, 1.54) is 10.2 Å². The number of anilines is 1. The van der Waals surface area contributed by atoms with Gasteiger partial charge in [-0.2, -0.15) is 5.10 Å². The molecule has 0 fully saturated rings. The largest absolute Gasteiger partial charge is 0.461 e. The zero-order valence-electron chi connectivity index (χ0n) is 11.6. The van der Waals surface area contributed by atoms with Gasteiger partial charge < -0.3 is 15.2 Å². The van der Waals surface area contributed by atoms with Gasteiger partial charge in [-0.3, -0.25) is 9.48 Å². The fourth-order valence-corrected chi connectivity index (χ4v) is 2.43. The van der Waals surface area contributed by atoms with Crippen molar-refractivity contribution in [2.75, 3.05) is 18.9 Å². The number of rotatable bonds is 4. The van der Waals surface area contributed by atoms with E-state index in [4.69, 9.17) is 15.2 Å². The first-order chi connectivity index (χ1) is 10.2. The minimum absolute atomic E-state index is 0.0472. The van der Waals surface area contributed by atoms with E-state index >= 15 is 0 Å². The molecule has 2 aromatic rings. The van der Waals surface area contributed by atoms with E-state index in [1.807, 2.05) is 18.2 Å². The number of carbonyl (C=O) groups is 1. The Morgan fingerprint density at radius 2 is 2.29 bits per heavy atom. The molecule has 2 N–H and O–H groups in total. The lowest BCUT2D eigenvalue weighted by molar-refractivity contribution is -0.149. The van der Waals surface area contributed by atoms with Gasteiger partial charge in [0.2, 0.25) is 0 Å². The van der Waals surface area contributed by atoms with Crippen LogP contribution in [0.2, 0.25) is 0 Å². The van der Waals surface area contributed by atoms with E-state index in [9.17, 15) is 4.79 Å². The second-order valence-electron chi connectivity index (χ2n) is 4.93. The van der Waals surface area contributed by atoms with Gasteiger partial charge in [0.15, 0.2) is 0 Å². The number of nitrogens with zero attached hydrogens (tertiary/aromatic N) is 2. The topological polar surface area (TPSA) is 79.4 Å². The van der Waals surface area contributed by atoms with Crippen LogP contribution in [0.5, 0.6) is 0 Å². The number of nitrogen functional groups attached to an aromatic ring is 1. The van der Waals surface area contributed by atoms with E-state index in [-0.39, 0.29) is 25.2 Å². The molecule has 110 valence electrons. The fraction of sp³-hybridized carbons (Fsp3) is 0.333. The molecule has 21 heavy (non-hydrogen) atoms. The highest BCUT2D eigenvalue weighted by molar-refractivity contribution is 5.69. The molecular weight excluding hydrogens is 270 g/mol. The van der Waals surface area contributed by atoms with Crippen molar-refractivity contribution in [2.45, 2.75) is 19.1 Å². The number of benzene rings is 1. The third kappa shape index (κ3) is 3.22. The van der Waals surface area contributed by atoms with E-state index in [2.05, 4.69) is 11.2 Å². The first-order valence-corrected chi connectivity index (χ1v) is 6.86. The predicted octanol–water partition coefficient (Wildman–Crippen LogP) is 1.32. The molecule has 1 aliphatic rings. The minimum atomic E-state index is -0.357. The second-order valence-corrected chi connectivity index (χ2v) is 4.93. The molecule has 0 radical (unpaired) electrons. The van der Waals surface area contributed by atoms with Crippen LogP contribution in [0.3, 0.4) is 0 Å². The average molecular weight is 287 g/mol. The number of aromatic nitrogens is 2. The molecule has 1 aromatic heterocycles. The van der Waals surface area contributed by atoms with Crippen molar-refractivity contribution in [3.63, 3.8) is 0 Å². The monoisotopic (exact) mass is 287 g/mol. The first kappa shape index (κ1) is 13.6. The molecule has 0 saturated heterocycles. The quantitative estimate of drug-likeness (QED) is 0.858. The van der Waals surface area contributed by atoms with Gasteiger partial charge in [-0.15, -0.1) is 0 Å². The van der Waals surface area contributed by atoms with Gasteiger partial charge >= 0.3 is 5.97 Å². The summed E-state index contributed by atoms with van der Waals surface area (Å²) < 4.78 is 12.4. The average Bonchev–Trinajstić information content (AvgIpc) is 2.90. The maximum absolute atomic E-state index is 11.8. The normalized spacial score (nSPS) is 17.2. The summed E-state index contributed by atoms with van der Waals surface area (Å²) in [6.07, 6.45) is 2.34. The summed E-state index contributed by atoms with van der Waals surface area (Å²) in [5, 5.41) is 3.94. The van der Waals surface area contributed by atoms with Crippen LogP contribution in [0.1, 0.15) is 17.2 Å². The van der Waals surface area contributed by atoms with Gasteiger partial charge in [-0.25, -0.2) is 0 Å². The maximum Gasteiger partial charge on any atom is 0.327 e. The van der Waals surface area contributed by atoms with Crippen LogP contribution in [0.25, 0.3) is 0 Å². The number of carbonyl (C=O) groups excluding carboxylic acids is 1. The summed E-state index contributed by atoms with van der Waals surface area (Å²) in [6, 6.07) is 9.71. The lowest BCUT2D eigenvalue weighted by Gasteiger charge is -2.25. The third-order valence-electron chi connectivity index (χ3n) is 3.44. The molecule has 0 bridgehead atoms. The Morgan fingerprint density at radius 1 is 1.43 bits per heavy atom. The SMILES string of the molecule is Nc1ccn(CC(=O)OCC2OCCc3ccccc32)n1. The highest BCUT2D eigenvalue weighted by atomic mass is 16.6. The third-order valence-corrected chi connectivity index (χ3v) is 3.44. The summed E-state index contributed by atoms with van der Waals surface area (Å²) in [6.45, 7) is 0.910. The van der Waals surface area contributed by atoms with Gasteiger partial charge in [-0.1, -0.05) is 24.3 Å². The van der Waals surface area contributed by atoms with Crippen molar-refractivity contribution >= 4 is 11.8 Å². The molecule has 2 heterocycles. The van der Waals surface area contributed by atoms with Crippen LogP contribution in [-0.4, -0.2) is 29.0 Å². The van der Waals surface area contributed by atoms with E-state index in [1.54, 1.807) is 12.3 Å². The molecule has 3 rings (SSSR count). The molecule has 1 atom stereocenters. The van der Waals surface area contributed by atoms with Gasteiger partial charge in [0.25, 0.3) is 0 Å². The zero-order chi connectivity index (χ0) is 14.7. The number of ether oxygens (including phenoxy) is 2.